The van der Waals surface area contributed by atoms with Crippen molar-refractivity contribution in [2.45, 2.75) is 37.9 Å². The van der Waals surface area contributed by atoms with Crippen molar-refractivity contribution in [3.05, 3.63) is 0 Å². The summed E-state index contributed by atoms with van der Waals surface area (Å²) in [5.41, 5.74) is 0. The number of carboxylic acids is 1. The van der Waals surface area contributed by atoms with Crippen LogP contribution in [0.3, 0.4) is 0 Å². The topological polar surface area (TPSA) is 117 Å². The average molecular weight is 273 g/mol. The number of nitrogens with one attached hydrogen (secondary N) is 3. The lowest BCUT2D eigenvalue weighted by atomic mass is 10.3. The van der Waals surface area contributed by atoms with E-state index in [1.165, 1.54) is 14.0 Å². The van der Waals surface area contributed by atoms with Crippen LogP contribution in [-0.2, 0) is 14.3 Å². The van der Waals surface area contributed by atoms with Gasteiger partial charge in [-0.15, -0.1) is 0 Å². The van der Waals surface area contributed by atoms with Gasteiger partial charge < -0.3 is 25.8 Å². The first kappa shape index (κ1) is 15.2. The molecule has 1 rings (SSSR count). The molecule has 2 atom stereocenters. The Kier molecular flexibility index (Phi) is 5.56. The van der Waals surface area contributed by atoms with Crippen molar-refractivity contribution in [2.75, 3.05) is 13.7 Å². The highest BCUT2D eigenvalue weighted by molar-refractivity contribution is 5.88. The van der Waals surface area contributed by atoms with Crippen LogP contribution in [0, 0.1) is 0 Å². The second-order valence-corrected chi connectivity index (χ2v) is 4.47. The molecule has 1 saturated carbocycles. The molecule has 0 aromatic rings. The van der Waals surface area contributed by atoms with Crippen LogP contribution in [0.1, 0.15) is 19.8 Å². The van der Waals surface area contributed by atoms with E-state index in [0.29, 0.717) is 0 Å². The lowest BCUT2D eigenvalue weighted by Gasteiger charge is -2.17. The predicted octanol–water partition coefficient (Wildman–Crippen LogP) is -0.948. The quantitative estimate of drug-likeness (QED) is 0.477. The number of carboxylic acid groups (broad SMARTS) is 1. The lowest BCUT2D eigenvalue weighted by Crippen LogP contribution is -2.53. The summed E-state index contributed by atoms with van der Waals surface area (Å²) in [7, 11) is 1.33. The molecule has 1 fully saturated rings. The van der Waals surface area contributed by atoms with E-state index in [0.717, 1.165) is 12.8 Å². The van der Waals surface area contributed by atoms with Crippen molar-refractivity contribution in [1.29, 1.82) is 0 Å². The van der Waals surface area contributed by atoms with Gasteiger partial charge in [0.25, 0.3) is 0 Å². The van der Waals surface area contributed by atoms with Gasteiger partial charge in [-0.1, -0.05) is 0 Å². The molecule has 0 aliphatic heterocycles. The molecule has 0 heterocycles. The first-order valence-corrected chi connectivity index (χ1v) is 6.03. The van der Waals surface area contributed by atoms with E-state index < -0.39 is 24.1 Å². The third-order valence-electron chi connectivity index (χ3n) is 2.60. The minimum Gasteiger partial charge on any atom is -0.480 e. The Bertz CT molecular complexity index is 356. The molecule has 108 valence electrons. The van der Waals surface area contributed by atoms with Crippen LogP contribution >= 0.6 is 0 Å². The van der Waals surface area contributed by atoms with Gasteiger partial charge in [-0.05, 0) is 19.8 Å². The Morgan fingerprint density at radius 2 is 1.95 bits per heavy atom. The lowest BCUT2D eigenvalue weighted by molar-refractivity contribution is -0.140. The number of ether oxygens (including phenoxy) is 1. The van der Waals surface area contributed by atoms with E-state index in [1.807, 2.05) is 0 Å². The molecule has 8 heteroatoms. The van der Waals surface area contributed by atoms with Crippen LogP contribution < -0.4 is 16.0 Å². The molecule has 0 spiro atoms. The summed E-state index contributed by atoms with van der Waals surface area (Å²) in [6.45, 7) is 1.38. The van der Waals surface area contributed by atoms with E-state index in [-0.39, 0.29) is 18.6 Å². The molecule has 19 heavy (non-hydrogen) atoms. The fraction of sp³-hybridized carbons (Fsp3) is 0.727. The number of methoxy groups -OCH3 is 1. The van der Waals surface area contributed by atoms with Crippen molar-refractivity contribution in [2.24, 2.45) is 0 Å². The summed E-state index contributed by atoms with van der Waals surface area (Å²) in [6.07, 6.45) is 1.92. The van der Waals surface area contributed by atoms with Crippen LogP contribution in [0.2, 0.25) is 0 Å². The van der Waals surface area contributed by atoms with Crippen LogP contribution in [0.15, 0.2) is 0 Å². The second-order valence-electron chi connectivity index (χ2n) is 4.47. The van der Waals surface area contributed by atoms with E-state index in [1.54, 1.807) is 0 Å². The van der Waals surface area contributed by atoms with Crippen molar-refractivity contribution in [3.8, 4) is 0 Å². The molecule has 0 saturated heterocycles. The molecule has 2 unspecified atom stereocenters. The normalized spacial score (nSPS) is 17.2. The zero-order valence-electron chi connectivity index (χ0n) is 10.9. The fourth-order valence-electron chi connectivity index (χ4n) is 1.36. The van der Waals surface area contributed by atoms with Gasteiger partial charge >= 0.3 is 12.0 Å². The monoisotopic (exact) mass is 273 g/mol. The van der Waals surface area contributed by atoms with E-state index >= 15 is 0 Å². The Morgan fingerprint density at radius 3 is 2.42 bits per heavy atom. The smallest absolute Gasteiger partial charge is 0.328 e. The standard InChI is InChI=1S/C11H19N3O5/c1-6(9(15)13-7-3-4-7)12-11(18)14-8(5-19-2)10(16)17/h6-8H,3-5H2,1-2H3,(H,13,15)(H,16,17)(H2,12,14,18). The zero-order valence-corrected chi connectivity index (χ0v) is 10.9. The SMILES string of the molecule is COCC(NC(=O)NC(C)C(=O)NC1CC1)C(=O)O. The van der Waals surface area contributed by atoms with Gasteiger partial charge in [-0.2, -0.15) is 0 Å². The van der Waals surface area contributed by atoms with Crippen molar-refractivity contribution in [3.63, 3.8) is 0 Å². The predicted molar refractivity (Wildman–Crippen MR) is 65.6 cm³/mol. The Labute approximate surface area is 110 Å². The van der Waals surface area contributed by atoms with Crippen LogP contribution in [0.4, 0.5) is 4.79 Å². The first-order chi connectivity index (χ1) is 8.93. The third kappa shape index (κ3) is 5.56. The second kappa shape index (κ2) is 6.93. The molecule has 8 nitrogen and oxygen atoms in total. The van der Waals surface area contributed by atoms with Gasteiger partial charge in [0, 0.05) is 13.2 Å². The van der Waals surface area contributed by atoms with Crippen molar-refractivity contribution >= 4 is 17.9 Å². The number of hydrogen-bond acceptors (Lipinski definition) is 4. The van der Waals surface area contributed by atoms with E-state index in [4.69, 9.17) is 5.11 Å². The maximum atomic E-state index is 11.6. The van der Waals surface area contributed by atoms with Gasteiger partial charge in [0.05, 0.1) is 6.61 Å². The van der Waals surface area contributed by atoms with Crippen molar-refractivity contribution in [1.82, 2.24) is 16.0 Å². The molecule has 1 aliphatic carbocycles. The minimum atomic E-state index is -1.20. The maximum Gasteiger partial charge on any atom is 0.328 e. The molecular weight excluding hydrogens is 254 g/mol. The van der Waals surface area contributed by atoms with Gasteiger partial charge in [-0.3, -0.25) is 4.79 Å². The molecule has 0 bridgehead atoms. The Hall–Kier alpha value is -1.83. The number of hydrogen-bond donors (Lipinski definition) is 4. The van der Waals surface area contributed by atoms with Crippen LogP contribution in [0.5, 0.6) is 0 Å². The van der Waals surface area contributed by atoms with Crippen molar-refractivity contribution < 1.29 is 24.2 Å². The molecule has 0 aromatic carbocycles. The zero-order chi connectivity index (χ0) is 14.4. The highest BCUT2D eigenvalue weighted by atomic mass is 16.5. The van der Waals surface area contributed by atoms with E-state index in [9.17, 15) is 14.4 Å². The van der Waals surface area contributed by atoms with Crippen LogP contribution in [-0.4, -0.2) is 54.9 Å². The summed E-state index contributed by atoms with van der Waals surface area (Å²) in [6, 6.07) is -2.38. The van der Waals surface area contributed by atoms with Gasteiger partial charge in [0.2, 0.25) is 5.91 Å². The van der Waals surface area contributed by atoms with Gasteiger partial charge in [0.1, 0.15) is 6.04 Å². The molecule has 1 aliphatic rings. The highest BCUT2D eigenvalue weighted by Gasteiger charge is 2.27. The largest absolute Gasteiger partial charge is 0.480 e. The van der Waals surface area contributed by atoms with Crippen LogP contribution in [0.25, 0.3) is 0 Å². The molecule has 3 amide bonds. The minimum absolute atomic E-state index is 0.147. The summed E-state index contributed by atoms with van der Waals surface area (Å²) < 4.78 is 4.68. The highest BCUT2D eigenvalue weighted by Crippen LogP contribution is 2.18. The Morgan fingerprint density at radius 1 is 1.32 bits per heavy atom. The summed E-state index contributed by atoms with van der Waals surface area (Å²) in [5, 5.41) is 16.2. The number of rotatable bonds is 7. The molecule has 4 N–H and O–H groups in total. The van der Waals surface area contributed by atoms with Gasteiger partial charge in [0.15, 0.2) is 6.04 Å². The number of carbonyl (C=O) groups is 3. The maximum absolute atomic E-state index is 11.6. The molecule has 0 radical (unpaired) electrons. The number of aliphatic carboxylic acids is 1. The number of carbonyl (C=O) groups excluding carboxylic acids is 2. The molecular formula is C11H19N3O5. The summed E-state index contributed by atoms with van der Waals surface area (Å²) in [5.74, 6) is -1.48. The Balaban J connectivity index is 2.35. The van der Waals surface area contributed by atoms with E-state index in [2.05, 4.69) is 20.7 Å². The summed E-state index contributed by atoms with van der Waals surface area (Å²) >= 11 is 0. The third-order valence-corrected chi connectivity index (χ3v) is 2.60. The first-order valence-electron chi connectivity index (χ1n) is 6.03. The fourth-order valence-corrected chi connectivity index (χ4v) is 1.36. The molecule has 0 aromatic heterocycles. The van der Waals surface area contributed by atoms with Gasteiger partial charge in [-0.25, -0.2) is 9.59 Å². The summed E-state index contributed by atoms with van der Waals surface area (Å²) in [4.78, 5) is 33.9. The average Bonchev–Trinajstić information content (AvgIpc) is 3.11. The number of amides is 3. The number of urea groups is 1.